The molecule has 1 atom stereocenters. The first kappa shape index (κ1) is 16.1. The number of para-hydroxylation sites is 1. The molecule has 7 heteroatoms. The Labute approximate surface area is 143 Å². The molecule has 2 aromatic carbocycles. The molecular formula is C17H16N4O2S. The van der Waals surface area contributed by atoms with Crippen molar-refractivity contribution in [2.45, 2.75) is 17.3 Å². The summed E-state index contributed by atoms with van der Waals surface area (Å²) >= 11 is 1.32. The lowest BCUT2D eigenvalue weighted by Crippen LogP contribution is -2.22. The van der Waals surface area contributed by atoms with Gasteiger partial charge >= 0.3 is 0 Å². The fourth-order valence-corrected chi connectivity index (χ4v) is 2.66. The summed E-state index contributed by atoms with van der Waals surface area (Å²) in [5.74, 6) is 1.38. The number of aromatic amines is 1. The number of hydrogen-bond acceptors (Lipinski definition) is 5. The van der Waals surface area contributed by atoms with Crippen molar-refractivity contribution in [1.82, 2.24) is 15.2 Å². The Morgan fingerprint density at radius 2 is 1.83 bits per heavy atom. The molecule has 1 heterocycles. The predicted molar refractivity (Wildman–Crippen MR) is 93.3 cm³/mol. The van der Waals surface area contributed by atoms with Crippen molar-refractivity contribution in [3.8, 4) is 11.5 Å². The minimum atomic E-state index is -0.293. The molecule has 0 fully saturated rings. The van der Waals surface area contributed by atoms with Gasteiger partial charge in [0.25, 0.3) is 0 Å². The molecule has 0 saturated carbocycles. The fraction of sp³-hybridized carbons (Fsp3) is 0.118. The topological polar surface area (TPSA) is 79.9 Å². The second kappa shape index (κ2) is 7.65. The lowest BCUT2D eigenvalue weighted by Gasteiger charge is -2.11. The highest BCUT2D eigenvalue weighted by Crippen LogP contribution is 2.24. The smallest absolute Gasteiger partial charge is 0.237 e. The van der Waals surface area contributed by atoms with Crippen LogP contribution >= 0.6 is 11.8 Å². The Bertz CT molecular complexity index is 776. The van der Waals surface area contributed by atoms with Crippen molar-refractivity contribution in [2.75, 3.05) is 5.32 Å². The average Bonchev–Trinajstić information content (AvgIpc) is 3.10. The monoisotopic (exact) mass is 340 g/mol. The number of rotatable bonds is 6. The van der Waals surface area contributed by atoms with Crippen molar-refractivity contribution in [1.29, 1.82) is 0 Å². The Hall–Kier alpha value is -2.80. The van der Waals surface area contributed by atoms with Crippen LogP contribution in [0.2, 0.25) is 0 Å². The van der Waals surface area contributed by atoms with E-state index < -0.39 is 0 Å². The highest BCUT2D eigenvalue weighted by Gasteiger charge is 2.16. The lowest BCUT2D eigenvalue weighted by atomic mass is 10.3. The SMILES string of the molecule is C[C@H](Sc1ncn[nH]1)C(=O)Nc1ccc(Oc2ccccc2)cc1. The van der Waals surface area contributed by atoms with Gasteiger partial charge in [-0.3, -0.25) is 9.89 Å². The van der Waals surface area contributed by atoms with Crippen molar-refractivity contribution in [3.05, 3.63) is 60.9 Å². The highest BCUT2D eigenvalue weighted by atomic mass is 32.2. The number of nitrogens with zero attached hydrogens (tertiary/aromatic N) is 2. The molecule has 2 N–H and O–H groups in total. The summed E-state index contributed by atoms with van der Waals surface area (Å²) in [4.78, 5) is 16.2. The van der Waals surface area contributed by atoms with E-state index in [1.54, 1.807) is 0 Å². The van der Waals surface area contributed by atoms with Gasteiger partial charge in [-0.2, -0.15) is 5.10 Å². The highest BCUT2D eigenvalue weighted by molar-refractivity contribution is 8.00. The summed E-state index contributed by atoms with van der Waals surface area (Å²) in [6.07, 6.45) is 1.42. The van der Waals surface area contributed by atoms with Crippen LogP contribution in [0.25, 0.3) is 0 Å². The van der Waals surface area contributed by atoms with Crippen molar-refractivity contribution < 1.29 is 9.53 Å². The molecule has 0 unspecified atom stereocenters. The van der Waals surface area contributed by atoms with Crippen LogP contribution in [0.15, 0.2) is 66.1 Å². The molecule has 0 aliphatic rings. The van der Waals surface area contributed by atoms with Gasteiger partial charge in [0.05, 0.1) is 5.25 Å². The summed E-state index contributed by atoms with van der Waals surface area (Å²) in [5.41, 5.74) is 0.713. The van der Waals surface area contributed by atoms with Gasteiger partial charge in [0.1, 0.15) is 17.8 Å². The van der Waals surface area contributed by atoms with Gasteiger partial charge in [0.15, 0.2) is 5.16 Å². The van der Waals surface area contributed by atoms with Gasteiger partial charge in [0.2, 0.25) is 5.91 Å². The second-order valence-corrected chi connectivity index (χ2v) is 6.31. The first-order chi connectivity index (χ1) is 11.7. The maximum absolute atomic E-state index is 12.2. The van der Waals surface area contributed by atoms with E-state index in [4.69, 9.17) is 4.74 Å². The average molecular weight is 340 g/mol. The third-order valence-electron chi connectivity index (χ3n) is 3.15. The molecule has 122 valence electrons. The van der Waals surface area contributed by atoms with Crippen molar-refractivity contribution >= 4 is 23.4 Å². The van der Waals surface area contributed by atoms with E-state index in [9.17, 15) is 4.79 Å². The van der Waals surface area contributed by atoms with Crippen LogP contribution in [-0.2, 0) is 4.79 Å². The number of nitrogens with one attached hydrogen (secondary N) is 2. The molecule has 0 bridgehead atoms. The Kier molecular flexibility index (Phi) is 5.12. The molecule has 3 rings (SSSR count). The van der Waals surface area contributed by atoms with Gasteiger partial charge in [-0.05, 0) is 43.3 Å². The third-order valence-corrected chi connectivity index (χ3v) is 4.14. The molecule has 3 aromatic rings. The summed E-state index contributed by atoms with van der Waals surface area (Å²) in [6.45, 7) is 1.81. The minimum Gasteiger partial charge on any atom is -0.457 e. The van der Waals surface area contributed by atoms with Crippen LogP contribution in [0, 0.1) is 0 Å². The number of aromatic nitrogens is 3. The van der Waals surface area contributed by atoms with Crippen LogP contribution in [0.1, 0.15) is 6.92 Å². The summed E-state index contributed by atoms with van der Waals surface area (Å²) in [6, 6.07) is 16.8. The molecule has 0 aliphatic carbocycles. The summed E-state index contributed by atoms with van der Waals surface area (Å²) < 4.78 is 5.72. The van der Waals surface area contributed by atoms with E-state index in [-0.39, 0.29) is 11.2 Å². The number of anilines is 1. The van der Waals surface area contributed by atoms with Crippen LogP contribution < -0.4 is 10.1 Å². The van der Waals surface area contributed by atoms with Gasteiger partial charge < -0.3 is 10.1 Å². The number of benzene rings is 2. The van der Waals surface area contributed by atoms with Crippen LogP contribution in [0.4, 0.5) is 5.69 Å². The van der Waals surface area contributed by atoms with Gasteiger partial charge in [0, 0.05) is 5.69 Å². The largest absolute Gasteiger partial charge is 0.457 e. The number of carbonyl (C=O) groups excluding carboxylic acids is 1. The van der Waals surface area contributed by atoms with E-state index >= 15 is 0 Å². The van der Waals surface area contributed by atoms with Crippen LogP contribution in [-0.4, -0.2) is 26.3 Å². The second-order valence-electron chi connectivity index (χ2n) is 4.98. The Morgan fingerprint density at radius 3 is 2.50 bits per heavy atom. The van der Waals surface area contributed by atoms with E-state index in [0.717, 1.165) is 5.75 Å². The first-order valence-electron chi connectivity index (χ1n) is 7.36. The van der Waals surface area contributed by atoms with Gasteiger partial charge in [-0.15, -0.1) is 0 Å². The zero-order valence-electron chi connectivity index (χ0n) is 13.0. The molecule has 1 amide bonds. The molecule has 0 aliphatic heterocycles. The summed E-state index contributed by atoms with van der Waals surface area (Å²) in [7, 11) is 0. The van der Waals surface area contributed by atoms with Crippen LogP contribution in [0.3, 0.4) is 0 Å². The van der Waals surface area contributed by atoms with E-state index in [1.165, 1.54) is 18.1 Å². The molecule has 0 saturated heterocycles. The first-order valence-corrected chi connectivity index (χ1v) is 8.24. The predicted octanol–water partition coefficient (Wildman–Crippen LogP) is 3.72. The third kappa shape index (κ3) is 4.36. The van der Waals surface area contributed by atoms with Gasteiger partial charge in [-0.25, -0.2) is 4.98 Å². The number of thioether (sulfide) groups is 1. The molecule has 1 aromatic heterocycles. The van der Waals surface area contributed by atoms with Crippen molar-refractivity contribution in [3.63, 3.8) is 0 Å². The van der Waals surface area contributed by atoms with Gasteiger partial charge in [-0.1, -0.05) is 30.0 Å². The molecule has 0 spiro atoms. The normalized spacial score (nSPS) is 11.7. The number of H-pyrrole nitrogens is 1. The Morgan fingerprint density at radius 1 is 1.12 bits per heavy atom. The molecular weight excluding hydrogens is 324 g/mol. The van der Waals surface area contributed by atoms with Crippen LogP contribution in [0.5, 0.6) is 11.5 Å². The van der Waals surface area contributed by atoms with E-state index in [1.807, 2.05) is 61.5 Å². The van der Waals surface area contributed by atoms with E-state index in [0.29, 0.717) is 16.6 Å². The zero-order chi connectivity index (χ0) is 16.8. The summed E-state index contributed by atoms with van der Waals surface area (Å²) in [5, 5.41) is 9.67. The fourth-order valence-electron chi connectivity index (χ4n) is 1.95. The number of hydrogen-bond donors (Lipinski definition) is 2. The maximum atomic E-state index is 12.2. The maximum Gasteiger partial charge on any atom is 0.237 e. The number of carbonyl (C=O) groups is 1. The number of ether oxygens (including phenoxy) is 1. The van der Waals surface area contributed by atoms with Crippen molar-refractivity contribution in [2.24, 2.45) is 0 Å². The zero-order valence-corrected chi connectivity index (χ0v) is 13.8. The number of amides is 1. The van der Waals surface area contributed by atoms with E-state index in [2.05, 4.69) is 20.5 Å². The molecule has 0 radical (unpaired) electrons. The quantitative estimate of drug-likeness (QED) is 0.669. The molecule has 24 heavy (non-hydrogen) atoms. The molecule has 6 nitrogen and oxygen atoms in total. The standard InChI is InChI=1S/C17H16N4O2S/c1-12(24-17-18-11-19-21-17)16(22)20-13-7-9-15(10-8-13)23-14-5-3-2-4-6-14/h2-12H,1H3,(H,20,22)(H,18,19,21)/t12-/m0/s1. The minimum absolute atomic E-state index is 0.104. The Balaban J connectivity index is 1.56. The lowest BCUT2D eigenvalue weighted by molar-refractivity contribution is -0.115.